The minimum absolute atomic E-state index is 0.0170. The monoisotopic (exact) mass is 288 g/mol. The molecule has 7 nitrogen and oxygen atoms in total. The van der Waals surface area contributed by atoms with E-state index in [1.165, 1.54) is 0 Å². The Morgan fingerprint density at radius 1 is 1.43 bits per heavy atom. The van der Waals surface area contributed by atoms with Gasteiger partial charge in [0.2, 0.25) is 5.91 Å². The Bertz CT molecular complexity index is 609. The number of tetrazole rings is 1. The first kappa shape index (κ1) is 15.1. The zero-order valence-corrected chi connectivity index (χ0v) is 12.5. The molecule has 21 heavy (non-hydrogen) atoms. The summed E-state index contributed by atoms with van der Waals surface area (Å²) in [6, 6.07) is 7.64. The summed E-state index contributed by atoms with van der Waals surface area (Å²) in [6.45, 7) is 4.86. The van der Waals surface area contributed by atoms with E-state index in [1.807, 2.05) is 38.1 Å². The van der Waals surface area contributed by atoms with Crippen molar-refractivity contribution in [2.45, 2.75) is 26.3 Å². The molecule has 112 valence electrons. The quantitative estimate of drug-likeness (QED) is 0.834. The van der Waals surface area contributed by atoms with Gasteiger partial charge in [0, 0.05) is 30.8 Å². The smallest absolute Gasteiger partial charge is 0.225 e. The van der Waals surface area contributed by atoms with Crippen molar-refractivity contribution in [3.05, 3.63) is 24.3 Å². The summed E-state index contributed by atoms with van der Waals surface area (Å²) in [4.78, 5) is 12.0. The second-order valence-corrected chi connectivity index (χ2v) is 4.92. The predicted octanol–water partition coefficient (Wildman–Crippen LogP) is 1.20. The highest BCUT2D eigenvalue weighted by Crippen LogP contribution is 2.19. The normalized spacial score (nSPS) is 12.1. The molecule has 1 heterocycles. The first-order valence-corrected chi connectivity index (χ1v) is 6.96. The number of aromatic nitrogens is 4. The molecule has 0 saturated heterocycles. The van der Waals surface area contributed by atoms with Crippen molar-refractivity contribution in [2.75, 3.05) is 11.9 Å². The van der Waals surface area contributed by atoms with Crippen LogP contribution in [0.3, 0.4) is 0 Å². The van der Waals surface area contributed by atoms with Gasteiger partial charge in [-0.05, 0) is 36.0 Å². The first-order valence-electron chi connectivity index (χ1n) is 6.96. The third kappa shape index (κ3) is 4.09. The number of anilines is 1. The van der Waals surface area contributed by atoms with Crippen LogP contribution < -0.4 is 10.6 Å². The van der Waals surface area contributed by atoms with Crippen LogP contribution in [0.4, 0.5) is 5.69 Å². The number of benzene rings is 1. The molecule has 0 aliphatic rings. The average molecular weight is 288 g/mol. The molecule has 1 atom stereocenters. The molecule has 0 radical (unpaired) electrons. The summed E-state index contributed by atoms with van der Waals surface area (Å²) in [7, 11) is 1.78. The van der Waals surface area contributed by atoms with Gasteiger partial charge in [-0.2, -0.15) is 0 Å². The Morgan fingerprint density at radius 3 is 2.90 bits per heavy atom. The summed E-state index contributed by atoms with van der Waals surface area (Å²) in [5.74, 6) is 0.642. The fraction of sp³-hybridized carbons (Fsp3) is 0.429. The van der Waals surface area contributed by atoms with E-state index in [9.17, 15) is 4.79 Å². The van der Waals surface area contributed by atoms with Crippen LogP contribution in [0, 0.1) is 0 Å². The lowest BCUT2D eigenvalue weighted by molar-refractivity contribution is -0.116. The van der Waals surface area contributed by atoms with Crippen LogP contribution in [0.2, 0.25) is 0 Å². The van der Waals surface area contributed by atoms with Gasteiger partial charge in [0.05, 0.1) is 0 Å². The van der Waals surface area contributed by atoms with Gasteiger partial charge in [-0.25, -0.2) is 4.68 Å². The van der Waals surface area contributed by atoms with E-state index >= 15 is 0 Å². The van der Waals surface area contributed by atoms with Crippen molar-refractivity contribution < 1.29 is 4.79 Å². The van der Waals surface area contributed by atoms with Gasteiger partial charge in [0.15, 0.2) is 5.82 Å². The van der Waals surface area contributed by atoms with Crippen molar-refractivity contribution in [1.82, 2.24) is 25.5 Å². The SMILES string of the molecule is CCNC(C)CC(=O)Nc1cccc(-c2nnnn2C)c1. The minimum Gasteiger partial charge on any atom is -0.326 e. The Kier molecular flexibility index (Phi) is 4.99. The van der Waals surface area contributed by atoms with Gasteiger partial charge >= 0.3 is 0 Å². The van der Waals surface area contributed by atoms with E-state index in [-0.39, 0.29) is 11.9 Å². The summed E-state index contributed by atoms with van der Waals surface area (Å²) < 4.78 is 1.59. The van der Waals surface area contributed by atoms with Gasteiger partial charge in [-0.15, -0.1) is 5.10 Å². The van der Waals surface area contributed by atoms with E-state index in [0.717, 1.165) is 17.8 Å². The largest absolute Gasteiger partial charge is 0.326 e. The minimum atomic E-state index is -0.0170. The Morgan fingerprint density at radius 2 is 2.24 bits per heavy atom. The number of carbonyl (C=O) groups excluding carboxylic acids is 1. The number of rotatable bonds is 6. The summed E-state index contributed by atoms with van der Waals surface area (Å²) in [6.07, 6.45) is 0.434. The number of nitrogens with one attached hydrogen (secondary N) is 2. The number of hydrogen-bond donors (Lipinski definition) is 2. The van der Waals surface area contributed by atoms with Crippen LogP contribution in [-0.2, 0) is 11.8 Å². The number of amides is 1. The number of aryl methyl sites for hydroxylation is 1. The Labute approximate surface area is 123 Å². The molecule has 1 amide bonds. The van der Waals surface area contributed by atoms with Crippen molar-refractivity contribution in [2.24, 2.45) is 7.05 Å². The molecule has 7 heteroatoms. The number of nitrogens with zero attached hydrogens (tertiary/aromatic N) is 4. The van der Waals surface area contributed by atoms with Gasteiger partial charge in [-0.3, -0.25) is 4.79 Å². The van der Waals surface area contributed by atoms with Crippen molar-refractivity contribution in [3.8, 4) is 11.4 Å². The van der Waals surface area contributed by atoms with Crippen LogP contribution >= 0.6 is 0 Å². The maximum atomic E-state index is 12.0. The summed E-state index contributed by atoms with van der Waals surface area (Å²) >= 11 is 0. The maximum absolute atomic E-state index is 12.0. The Hall–Kier alpha value is -2.28. The van der Waals surface area contributed by atoms with E-state index in [4.69, 9.17) is 0 Å². The van der Waals surface area contributed by atoms with Gasteiger partial charge in [0.25, 0.3) is 0 Å². The lowest BCUT2D eigenvalue weighted by atomic mass is 10.1. The molecule has 0 saturated carbocycles. The topological polar surface area (TPSA) is 84.7 Å². The molecule has 0 aliphatic carbocycles. The third-order valence-electron chi connectivity index (χ3n) is 3.07. The molecule has 0 bridgehead atoms. The highest BCUT2D eigenvalue weighted by Gasteiger charge is 2.10. The van der Waals surface area contributed by atoms with Crippen LogP contribution in [0.1, 0.15) is 20.3 Å². The zero-order valence-electron chi connectivity index (χ0n) is 12.5. The molecule has 2 rings (SSSR count). The summed E-state index contributed by atoms with van der Waals surface area (Å²) in [5.41, 5.74) is 1.60. The second kappa shape index (κ2) is 6.94. The molecule has 1 aromatic carbocycles. The van der Waals surface area contributed by atoms with E-state index in [2.05, 4.69) is 26.2 Å². The molecule has 2 aromatic rings. The van der Waals surface area contributed by atoms with E-state index in [1.54, 1.807) is 11.7 Å². The lowest BCUT2D eigenvalue weighted by Crippen LogP contribution is -2.30. The van der Waals surface area contributed by atoms with Gasteiger partial charge < -0.3 is 10.6 Å². The van der Waals surface area contributed by atoms with Crippen molar-refractivity contribution in [1.29, 1.82) is 0 Å². The molecule has 0 fully saturated rings. The van der Waals surface area contributed by atoms with Crippen LogP contribution in [0.15, 0.2) is 24.3 Å². The molecule has 0 aliphatic heterocycles. The fourth-order valence-electron chi connectivity index (χ4n) is 2.12. The standard InChI is InChI=1S/C14H20N6O/c1-4-15-10(2)8-13(21)16-12-7-5-6-11(9-12)14-17-18-19-20(14)3/h5-7,9-10,15H,4,8H2,1-3H3,(H,16,21). The Balaban J connectivity index is 2.05. The lowest BCUT2D eigenvalue weighted by Gasteiger charge is -2.12. The maximum Gasteiger partial charge on any atom is 0.225 e. The number of carbonyl (C=O) groups is 1. The third-order valence-corrected chi connectivity index (χ3v) is 3.07. The molecular weight excluding hydrogens is 268 g/mol. The molecule has 1 unspecified atom stereocenters. The molecule has 1 aromatic heterocycles. The van der Waals surface area contributed by atoms with Gasteiger partial charge in [0.1, 0.15) is 0 Å². The zero-order chi connectivity index (χ0) is 15.2. The molecule has 2 N–H and O–H groups in total. The average Bonchev–Trinajstić information content (AvgIpc) is 2.85. The molecule has 0 spiro atoms. The van der Waals surface area contributed by atoms with E-state index < -0.39 is 0 Å². The second-order valence-electron chi connectivity index (χ2n) is 4.92. The predicted molar refractivity (Wildman–Crippen MR) is 80.6 cm³/mol. The van der Waals surface area contributed by atoms with Crippen LogP contribution in [-0.4, -0.2) is 38.7 Å². The van der Waals surface area contributed by atoms with Crippen LogP contribution in [0.25, 0.3) is 11.4 Å². The summed E-state index contributed by atoms with van der Waals surface area (Å²) in [5, 5.41) is 17.5. The van der Waals surface area contributed by atoms with Crippen LogP contribution in [0.5, 0.6) is 0 Å². The van der Waals surface area contributed by atoms with Crippen molar-refractivity contribution >= 4 is 11.6 Å². The number of hydrogen-bond acceptors (Lipinski definition) is 5. The highest BCUT2D eigenvalue weighted by atomic mass is 16.1. The first-order chi connectivity index (χ1) is 10.1. The highest BCUT2D eigenvalue weighted by molar-refractivity contribution is 5.91. The fourth-order valence-corrected chi connectivity index (χ4v) is 2.12. The molecular formula is C14H20N6O. The van der Waals surface area contributed by atoms with Gasteiger partial charge in [-0.1, -0.05) is 19.1 Å². The van der Waals surface area contributed by atoms with Crippen molar-refractivity contribution in [3.63, 3.8) is 0 Å². The van der Waals surface area contributed by atoms with E-state index in [0.29, 0.717) is 12.2 Å².